The highest BCUT2D eigenvalue weighted by Crippen LogP contribution is 2.26. The number of piperidine rings is 1. The first-order chi connectivity index (χ1) is 11.6. The van der Waals surface area contributed by atoms with Gasteiger partial charge in [-0.05, 0) is 30.9 Å². The first-order valence-corrected chi connectivity index (χ1v) is 8.66. The second-order valence-corrected chi connectivity index (χ2v) is 6.80. The number of amides is 1. The van der Waals surface area contributed by atoms with Crippen molar-refractivity contribution >= 4 is 30.7 Å². The van der Waals surface area contributed by atoms with Crippen LogP contribution in [0.3, 0.4) is 0 Å². The highest BCUT2D eigenvalue weighted by molar-refractivity contribution is 5.85. The summed E-state index contributed by atoms with van der Waals surface area (Å²) in [6.07, 6.45) is 5.99. The topological polar surface area (TPSA) is 64.2 Å². The van der Waals surface area contributed by atoms with Gasteiger partial charge in [0.2, 0.25) is 5.91 Å². The first-order valence-electron chi connectivity index (χ1n) is 8.66. The van der Waals surface area contributed by atoms with E-state index in [0.717, 1.165) is 30.5 Å². The minimum atomic E-state index is -0.272. The van der Waals surface area contributed by atoms with Crippen LogP contribution in [0.5, 0.6) is 0 Å². The number of benzene rings is 1. The lowest BCUT2D eigenvalue weighted by atomic mass is 9.93. The van der Waals surface area contributed by atoms with Gasteiger partial charge in [0, 0.05) is 25.3 Å². The molecule has 0 aliphatic carbocycles. The van der Waals surface area contributed by atoms with Crippen molar-refractivity contribution in [1.29, 1.82) is 0 Å². The fourth-order valence-corrected chi connectivity index (χ4v) is 3.41. The second-order valence-electron chi connectivity index (χ2n) is 6.80. The van der Waals surface area contributed by atoms with Crippen molar-refractivity contribution in [2.24, 2.45) is 11.7 Å². The molecule has 0 bridgehead atoms. The summed E-state index contributed by atoms with van der Waals surface area (Å²) in [5, 5.41) is 4.41. The summed E-state index contributed by atoms with van der Waals surface area (Å²) in [6, 6.07) is 9.85. The summed E-state index contributed by atoms with van der Waals surface area (Å²) in [5.41, 5.74) is 8.49. The Kier molecular flexibility index (Phi) is 8.60. The maximum absolute atomic E-state index is 12.9. The van der Waals surface area contributed by atoms with E-state index in [2.05, 4.69) is 11.3 Å². The number of nitrogens with zero attached hydrogens (tertiary/aromatic N) is 3. The van der Waals surface area contributed by atoms with E-state index in [1.807, 2.05) is 60.0 Å². The molecule has 1 aromatic carbocycles. The minimum absolute atomic E-state index is 0. The van der Waals surface area contributed by atoms with Crippen LogP contribution in [-0.4, -0.2) is 33.7 Å². The number of rotatable bonds is 4. The monoisotopic (exact) mass is 398 g/mol. The van der Waals surface area contributed by atoms with E-state index < -0.39 is 0 Å². The Morgan fingerprint density at radius 1 is 1.27 bits per heavy atom. The number of nitrogens with two attached hydrogens (primary N) is 1. The smallest absolute Gasteiger partial charge is 0.227 e. The molecule has 1 amide bonds. The molecule has 3 atom stereocenters. The third-order valence-electron chi connectivity index (χ3n) is 4.93. The first kappa shape index (κ1) is 22.5. The third kappa shape index (κ3) is 5.00. The number of halogens is 2. The van der Waals surface area contributed by atoms with Crippen LogP contribution in [0.15, 0.2) is 42.7 Å². The van der Waals surface area contributed by atoms with Gasteiger partial charge in [-0.3, -0.25) is 9.48 Å². The fraction of sp³-hybridized carbons (Fsp3) is 0.474. The normalized spacial score (nSPS) is 19.0. The van der Waals surface area contributed by atoms with E-state index >= 15 is 0 Å². The van der Waals surface area contributed by atoms with E-state index in [1.165, 1.54) is 0 Å². The van der Waals surface area contributed by atoms with Gasteiger partial charge in [-0.1, -0.05) is 37.3 Å². The van der Waals surface area contributed by atoms with Gasteiger partial charge in [0.25, 0.3) is 0 Å². The number of hydrogen-bond acceptors (Lipinski definition) is 3. The Bertz CT molecular complexity index is 692. The summed E-state index contributed by atoms with van der Waals surface area (Å²) in [5.74, 6) is -0.0922. The van der Waals surface area contributed by atoms with Crippen LogP contribution in [0.1, 0.15) is 43.0 Å². The van der Waals surface area contributed by atoms with Crippen LogP contribution < -0.4 is 5.73 Å². The molecule has 0 saturated carbocycles. The number of carbonyl (C=O) groups excluding carboxylic acids is 1. The Morgan fingerprint density at radius 3 is 2.58 bits per heavy atom. The zero-order valence-corrected chi connectivity index (χ0v) is 16.9. The van der Waals surface area contributed by atoms with Gasteiger partial charge in [0.15, 0.2) is 0 Å². The van der Waals surface area contributed by atoms with Crippen molar-refractivity contribution in [3.05, 3.63) is 53.9 Å². The molecule has 26 heavy (non-hydrogen) atoms. The molecule has 0 radical (unpaired) electrons. The SMILES string of the molecule is Cc1cnn(C2CCCN(C(=O)C(C)C(N)c3ccccc3)C2)c1.Cl.Cl. The van der Waals surface area contributed by atoms with E-state index in [-0.39, 0.29) is 48.7 Å². The quantitative estimate of drug-likeness (QED) is 0.856. The number of carbonyl (C=O) groups is 1. The van der Waals surface area contributed by atoms with Gasteiger partial charge in [-0.15, -0.1) is 24.8 Å². The van der Waals surface area contributed by atoms with Crippen LogP contribution in [0, 0.1) is 12.8 Å². The zero-order valence-electron chi connectivity index (χ0n) is 15.2. The minimum Gasteiger partial charge on any atom is -0.340 e. The van der Waals surface area contributed by atoms with Crippen LogP contribution in [-0.2, 0) is 4.79 Å². The van der Waals surface area contributed by atoms with Crippen LogP contribution >= 0.6 is 24.8 Å². The molecule has 1 aromatic heterocycles. The molecule has 1 saturated heterocycles. The molecule has 144 valence electrons. The largest absolute Gasteiger partial charge is 0.340 e. The van der Waals surface area contributed by atoms with E-state index in [9.17, 15) is 4.79 Å². The average Bonchev–Trinajstić information content (AvgIpc) is 3.07. The lowest BCUT2D eigenvalue weighted by Gasteiger charge is -2.35. The highest BCUT2D eigenvalue weighted by atomic mass is 35.5. The third-order valence-corrected chi connectivity index (χ3v) is 4.93. The standard InChI is InChI=1S/C19H26N4O.2ClH/c1-14-11-21-23(12-14)17-9-6-10-22(13-17)19(24)15(2)18(20)16-7-4-3-5-8-16;;/h3-5,7-8,11-12,15,17-18H,6,9-10,13,20H2,1-2H3;2*1H. The average molecular weight is 399 g/mol. The predicted octanol–water partition coefficient (Wildman–Crippen LogP) is 3.53. The highest BCUT2D eigenvalue weighted by Gasteiger charge is 2.31. The Morgan fingerprint density at radius 2 is 1.96 bits per heavy atom. The lowest BCUT2D eigenvalue weighted by molar-refractivity contribution is -0.137. The lowest BCUT2D eigenvalue weighted by Crippen LogP contribution is -2.45. The summed E-state index contributed by atoms with van der Waals surface area (Å²) in [6.45, 7) is 5.49. The maximum Gasteiger partial charge on any atom is 0.227 e. The van der Waals surface area contributed by atoms with Crippen molar-refractivity contribution in [3.63, 3.8) is 0 Å². The van der Waals surface area contributed by atoms with Crippen LogP contribution in [0.2, 0.25) is 0 Å². The summed E-state index contributed by atoms with van der Waals surface area (Å²) < 4.78 is 2.00. The van der Waals surface area contributed by atoms with Crippen molar-refractivity contribution in [2.75, 3.05) is 13.1 Å². The molecule has 3 unspecified atom stereocenters. The van der Waals surface area contributed by atoms with Gasteiger partial charge in [-0.25, -0.2) is 0 Å². The van der Waals surface area contributed by atoms with Gasteiger partial charge < -0.3 is 10.6 Å². The summed E-state index contributed by atoms with van der Waals surface area (Å²) in [7, 11) is 0. The van der Waals surface area contributed by atoms with Gasteiger partial charge in [0.1, 0.15) is 0 Å². The van der Waals surface area contributed by atoms with Crippen LogP contribution in [0.4, 0.5) is 0 Å². The molecule has 2 aromatic rings. The number of aryl methyl sites for hydroxylation is 1. The molecular formula is C19H28Cl2N4O. The molecular weight excluding hydrogens is 371 g/mol. The van der Waals surface area contributed by atoms with Crippen molar-refractivity contribution in [3.8, 4) is 0 Å². The summed E-state index contributed by atoms with van der Waals surface area (Å²) >= 11 is 0. The van der Waals surface area contributed by atoms with Crippen molar-refractivity contribution < 1.29 is 4.79 Å². The zero-order chi connectivity index (χ0) is 17.1. The number of hydrogen-bond donors (Lipinski definition) is 1. The molecule has 3 rings (SSSR count). The Hall–Kier alpha value is -1.56. The predicted molar refractivity (Wildman–Crippen MR) is 109 cm³/mol. The van der Waals surface area contributed by atoms with E-state index in [1.54, 1.807) is 0 Å². The molecule has 1 aliphatic rings. The molecule has 0 spiro atoms. The van der Waals surface area contributed by atoms with Crippen molar-refractivity contribution in [1.82, 2.24) is 14.7 Å². The van der Waals surface area contributed by atoms with E-state index in [0.29, 0.717) is 6.54 Å². The molecule has 2 N–H and O–H groups in total. The molecule has 7 heteroatoms. The number of aromatic nitrogens is 2. The molecule has 5 nitrogen and oxygen atoms in total. The summed E-state index contributed by atoms with van der Waals surface area (Å²) in [4.78, 5) is 14.9. The van der Waals surface area contributed by atoms with Crippen molar-refractivity contribution in [2.45, 2.75) is 38.8 Å². The molecule has 1 aliphatic heterocycles. The van der Waals surface area contributed by atoms with Crippen LogP contribution in [0.25, 0.3) is 0 Å². The fourth-order valence-electron chi connectivity index (χ4n) is 3.41. The molecule has 1 fully saturated rings. The Labute approximate surface area is 167 Å². The van der Waals surface area contributed by atoms with Gasteiger partial charge in [0.05, 0.1) is 18.2 Å². The number of likely N-dealkylation sites (tertiary alicyclic amines) is 1. The van der Waals surface area contributed by atoms with E-state index in [4.69, 9.17) is 5.73 Å². The van der Waals surface area contributed by atoms with Gasteiger partial charge in [-0.2, -0.15) is 5.10 Å². The van der Waals surface area contributed by atoms with Gasteiger partial charge >= 0.3 is 0 Å². The molecule has 2 heterocycles. The maximum atomic E-state index is 12.9. The Balaban J connectivity index is 0.00000169. The second kappa shape index (κ2) is 9.95.